The highest BCUT2D eigenvalue weighted by Crippen LogP contribution is 2.18. The summed E-state index contributed by atoms with van der Waals surface area (Å²) in [6.07, 6.45) is 0.474. The van der Waals surface area contributed by atoms with Gasteiger partial charge in [0, 0.05) is 4.47 Å². The van der Waals surface area contributed by atoms with E-state index in [-0.39, 0.29) is 16.8 Å². The van der Waals surface area contributed by atoms with Gasteiger partial charge in [-0.3, -0.25) is 14.3 Å². The number of nitrogens with one attached hydrogen (secondary N) is 1. The fraction of sp³-hybridized carbons (Fsp3) is 0.286. The minimum Gasteiger partial charge on any atom is -0.297 e. The van der Waals surface area contributed by atoms with Gasteiger partial charge in [-0.2, -0.15) is 0 Å². The Labute approximate surface area is 129 Å². The Morgan fingerprint density at radius 1 is 1.30 bits per heavy atom. The molecule has 0 aliphatic rings. The molecule has 0 amide bonds. The lowest BCUT2D eigenvalue weighted by molar-refractivity contribution is 0.571. The zero-order chi connectivity index (χ0) is 14.9. The van der Waals surface area contributed by atoms with Gasteiger partial charge in [0.15, 0.2) is 0 Å². The first-order valence-electron chi connectivity index (χ1n) is 6.24. The number of aromatic amines is 1. The number of hydrogen-bond acceptors (Lipinski definition) is 2. The summed E-state index contributed by atoms with van der Waals surface area (Å²) in [6, 6.07) is 7.15. The van der Waals surface area contributed by atoms with Crippen LogP contribution >= 0.6 is 27.5 Å². The Balaban J connectivity index is 2.61. The molecule has 4 nitrogen and oxygen atoms in total. The van der Waals surface area contributed by atoms with Gasteiger partial charge in [0.1, 0.15) is 5.15 Å². The molecule has 0 saturated carbocycles. The second-order valence-electron chi connectivity index (χ2n) is 4.48. The van der Waals surface area contributed by atoms with Gasteiger partial charge in [0.05, 0.1) is 11.6 Å². The van der Waals surface area contributed by atoms with Crippen LogP contribution in [0.3, 0.4) is 0 Å². The van der Waals surface area contributed by atoms with Crippen LogP contribution in [0.5, 0.6) is 0 Å². The van der Waals surface area contributed by atoms with Crippen LogP contribution in [0.2, 0.25) is 5.15 Å². The van der Waals surface area contributed by atoms with E-state index in [4.69, 9.17) is 11.6 Å². The molecule has 1 unspecified atom stereocenters. The summed E-state index contributed by atoms with van der Waals surface area (Å²) in [4.78, 5) is 26.9. The van der Waals surface area contributed by atoms with Gasteiger partial charge in [-0.1, -0.05) is 46.6 Å². The van der Waals surface area contributed by atoms with Crippen molar-refractivity contribution in [1.29, 1.82) is 0 Å². The smallest absolute Gasteiger partial charge is 0.297 e. The first-order chi connectivity index (χ1) is 9.45. The molecule has 20 heavy (non-hydrogen) atoms. The quantitative estimate of drug-likeness (QED) is 0.858. The summed E-state index contributed by atoms with van der Waals surface area (Å²) in [7, 11) is 0. The second kappa shape index (κ2) is 5.97. The fourth-order valence-electron chi connectivity index (χ4n) is 2.11. The third kappa shape index (κ3) is 2.74. The normalized spacial score (nSPS) is 12.4. The number of aromatic nitrogens is 2. The number of nitrogens with zero attached hydrogens (tertiary/aromatic N) is 1. The fourth-order valence-corrected chi connectivity index (χ4v) is 2.67. The molecule has 2 aromatic rings. The summed E-state index contributed by atoms with van der Waals surface area (Å²) < 4.78 is 2.15. The Morgan fingerprint density at radius 2 is 1.90 bits per heavy atom. The van der Waals surface area contributed by atoms with E-state index in [9.17, 15) is 9.59 Å². The molecule has 0 spiro atoms. The van der Waals surface area contributed by atoms with E-state index in [1.54, 1.807) is 0 Å². The van der Waals surface area contributed by atoms with Crippen molar-refractivity contribution in [2.45, 2.75) is 26.3 Å². The number of hydrogen-bond donors (Lipinski definition) is 1. The SMILES string of the molecule is CCc1c(Cl)[nH]c(=O)n(C(C)c2ccc(Br)cc2)c1=O. The average molecular weight is 358 g/mol. The van der Waals surface area contributed by atoms with Crippen LogP contribution in [0, 0.1) is 0 Å². The molecule has 1 heterocycles. The molecule has 2 rings (SSSR count). The molecule has 0 aliphatic heterocycles. The molecule has 0 bridgehead atoms. The molecule has 0 saturated heterocycles. The highest BCUT2D eigenvalue weighted by Gasteiger charge is 2.17. The van der Waals surface area contributed by atoms with Crippen molar-refractivity contribution in [3.63, 3.8) is 0 Å². The van der Waals surface area contributed by atoms with Crippen molar-refractivity contribution in [2.24, 2.45) is 0 Å². The summed E-state index contributed by atoms with van der Waals surface area (Å²) in [5.41, 5.74) is 0.477. The lowest BCUT2D eigenvalue weighted by atomic mass is 10.1. The van der Waals surface area contributed by atoms with E-state index >= 15 is 0 Å². The van der Waals surface area contributed by atoms with E-state index in [0.29, 0.717) is 12.0 Å². The van der Waals surface area contributed by atoms with Gasteiger partial charge in [-0.25, -0.2) is 4.79 Å². The van der Waals surface area contributed by atoms with Gasteiger partial charge < -0.3 is 0 Å². The Bertz CT molecular complexity index is 734. The molecule has 1 N–H and O–H groups in total. The lowest BCUT2D eigenvalue weighted by Gasteiger charge is -2.16. The third-order valence-electron chi connectivity index (χ3n) is 3.27. The van der Waals surface area contributed by atoms with Gasteiger partial charge in [0.25, 0.3) is 5.56 Å². The van der Waals surface area contributed by atoms with Crippen LogP contribution in [0.15, 0.2) is 38.3 Å². The van der Waals surface area contributed by atoms with Crippen molar-refractivity contribution in [3.05, 3.63) is 65.9 Å². The largest absolute Gasteiger partial charge is 0.330 e. The maximum atomic E-state index is 12.4. The zero-order valence-electron chi connectivity index (χ0n) is 11.1. The predicted molar refractivity (Wildman–Crippen MR) is 83.7 cm³/mol. The molecular weight excluding hydrogens is 344 g/mol. The van der Waals surface area contributed by atoms with E-state index in [1.807, 2.05) is 38.1 Å². The maximum Gasteiger partial charge on any atom is 0.330 e. The van der Waals surface area contributed by atoms with Crippen LogP contribution in [-0.4, -0.2) is 9.55 Å². The van der Waals surface area contributed by atoms with Crippen LogP contribution in [0.25, 0.3) is 0 Å². The predicted octanol–water partition coefficient (Wildman–Crippen LogP) is 3.12. The minimum absolute atomic E-state index is 0.127. The molecule has 0 aliphatic carbocycles. The number of rotatable bonds is 3. The average Bonchev–Trinajstić information content (AvgIpc) is 2.39. The Kier molecular flexibility index (Phi) is 4.50. The summed E-state index contributed by atoms with van der Waals surface area (Å²) in [5, 5.41) is 0.127. The topological polar surface area (TPSA) is 54.9 Å². The molecule has 1 atom stereocenters. The van der Waals surface area contributed by atoms with Crippen LogP contribution < -0.4 is 11.2 Å². The van der Waals surface area contributed by atoms with Crippen LogP contribution in [-0.2, 0) is 6.42 Å². The highest BCUT2D eigenvalue weighted by molar-refractivity contribution is 9.10. The van der Waals surface area contributed by atoms with Crippen molar-refractivity contribution in [1.82, 2.24) is 9.55 Å². The van der Waals surface area contributed by atoms with E-state index in [0.717, 1.165) is 10.0 Å². The first-order valence-corrected chi connectivity index (χ1v) is 7.41. The van der Waals surface area contributed by atoms with E-state index in [2.05, 4.69) is 20.9 Å². The first kappa shape index (κ1) is 15.1. The van der Waals surface area contributed by atoms with Crippen LogP contribution in [0.1, 0.15) is 31.0 Å². The summed E-state index contributed by atoms with van der Waals surface area (Å²) in [6.45, 7) is 3.64. The molecule has 1 aromatic carbocycles. The van der Waals surface area contributed by atoms with Crippen molar-refractivity contribution in [2.75, 3.05) is 0 Å². The Morgan fingerprint density at radius 3 is 2.45 bits per heavy atom. The monoisotopic (exact) mass is 356 g/mol. The molecule has 106 valence electrons. The van der Waals surface area contributed by atoms with Crippen molar-refractivity contribution >= 4 is 27.5 Å². The second-order valence-corrected chi connectivity index (χ2v) is 5.77. The zero-order valence-corrected chi connectivity index (χ0v) is 13.5. The molecular formula is C14H14BrClN2O2. The van der Waals surface area contributed by atoms with Gasteiger partial charge in [0.2, 0.25) is 0 Å². The molecule has 6 heteroatoms. The summed E-state index contributed by atoms with van der Waals surface area (Å²) >= 11 is 9.26. The lowest BCUT2D eigenvalue weighted by Crippen LogP contribution is -2.39. The highest BCUT2D eigenvalue weighted by atomic mass is 79.9. The minimum atomic E-state index is -0.493. The Hall–Kier alpha value is -1.33. The van der Waals surface area contributed by atoms with Crippen molar-refractivity contribution < 1.29 is 0 Å². The van der Waals surface area contributed by atoms with Gasteiger partial charge in [-0.05, 0) is 31.0 Å². The number of halogens is 2. The van der Waals surface area contributed by atoms with Gasteiger partial charge in [-0.15, -0.1) is 0 Å². The standard InChI is InChI=1S/C14H14BrClN2O2/c1-3-11-12(16)17-14(20)18(13(11)19)8(2)9-4-6-10(15)7-5-9/h4-8H,3H2,1-2H3,(H,17,20). The number of benzene rings is 1. The van der Waals surface area contributed by atoms with Gasteiger partial charge >= 0.3 is 5.69 Å². The molecule has 0 fully saturated rings. The molecule has 1 aromatic heterocycles. The van der Waals surface area contributed by atoms with E-state index < -0.39 is 5.69 Å². The van der Waals surface area contributed by atoms with E-state index in [1.165, 1.54) is 4.57 Å². The number of H-pyrrole nitrogens is 1. The van der Waals surface area contributed by atoms with Crippen LogP contribution in [0.4, 0.5) is 0 Å². The summed E-state index contributed by atoms with van der Waals surface area (Å²) in [5.74, 6) is 0. The maximum absolute atomic E-state index is 12.4. The van der Waals surface area contributed by atoms with Crippen molar-refractivity contribution in [3.8, 4) is 0 Å². The molecule has 0 radical (unpaired) electrons. The third-order valence-corrected chi connectivity index (χ3v) is 4.12.